The third-order valence-electron chi connectivity index (χ3n) is 3.82. The highest BCUT2D eigenvalue weighted by Gasteiger charge is 2.21. The van der Waals surface area contributed by atoms with Gasteiger partial charge in [0.25, 0.3) is 0 Å². The second-order valence-electron chi connectivity index (χ2n) is 5.59. The van der Waals surface area contributed by atoms with Crippen LogP contribution in [0.1, 0.15) is 30.0 Å². The molecular weight excluding hydrogens is 278 g/mol. The van der Waals surface area contributed by atoms with Gasteiger partial charge in [0.2, 0.25) is 0 Å². The lowest BCUT2D eigenvalue weighted by molar-refractivity contribution is 0.0885. The van der Waals surface area contributed by atoms with E-state index in [0.717, 1.165) is 28.6 Å². The number of hydrogen-bond donors (Lipinski definition) is 1. The molecule has 0 bridgehead atoms. The largest absolute Gasteiger partial charge is 0.486 e. The monoisotopic (exact) mass is 299 g/mol. The van der Waals surface area contributed by atoms with E-state index in [9.17, 15) is 0 Å². The van der Waals surface area contributed by atoms with E-state index in [0.29, 0.717) is 13.2 Å². The van der Waals surface area contributed by atoms with Crippen LogP contribution in [0.5, 0.6) is 11.5 Å². The van der Waals surface area contributed by atoms with E-state index in [1.54, 1.807) is 0 Å². The highest BCUT2D eigenvalue weighted by atomic mass is 16.6. The van der Waals surface area contributed by atoms with Crippen molar-refractivity contribution in [1.82, 2.24) is 15.3 Å². The first kappa shape index (κ1) is 14.8. The summed E-state index contributed by atoms with van der Waals surface area (Å²) in [6.45, 7) is 7.29. The smallest absolute Gasteiger partial charge is 0.161 e. The molecule has 1 N–H and O–H groups in total. The van der Waals surface area contributed by atoms with Gasteiger partial charge in [-0.15, -0.1) is 0 Å². The number of ether oxygens (including phenoxy) is 2. The molecular formula is C17H21N3O2. The molecule has 0 saturated carbocycles. The van der Waals surface area contributed by atoms with Gasteiger partial charge in [-0.3, -0.25) is 0 Å². The Morgan fingerprint density at radius 3 is 2.82 bits per heavy atom. The molecule has 0 amide bonds. The molecule has 0 fully saturated rings. The molecule has 1 aromatic carbocycles. The SMILES string of the molecule is Cc1ncc([C@H](C)NC[C@@H]2COc3ccccc3O2)c(C)n1. The molecule has 22 heavy (non-hydrogen) atoms. The van der Waals surface area contributed by atoms with Crippen LogP contribution in [0.3, 0.4) is 0 Å². The molecule has 2 atom stereocenters. The molecule has 1 aliphatic rings. The Bertz CT molecular complexity index is 660. The normalized spacial score (nSPS) is 18.0. The van der Waals surface area contributed by atoms with Crippen molar-refractivity contribution in [3.8, 4) is 11.5 Å². The maximum atomic E-state index is 5.95. The Kier molecular flexibility index (Phi) is 4.24. The summed E-state index contributed by atoms with van der Waals surface area (Å²) < 4.78 is 11.7. The molecule has 0 aliphatic carbocycles. The lowest BCUT2D eigenvalue weighted by Crippen LogP contribution is -2.39. The van der Waals surface area contributed by atoms with Gasteiger partial charge in [0, 0.05) is 30.0 Å². The first-order valence-electron chi connectivity index (χ1n) is 7.55. The molecule has 0 unspecified atom stereocenters. The highest BCUT2D eigenvalue weighted by Crippen LogP contribution is 2.30. The zero-order valence-corrected chi connectivity index (χ0v) is 13.2. The van der Waals surface area contributed by atoms with E-state index in [1.165, 1.54) is 0 Å². The molecule has 3 rings (SSSR count). The van der Waals surface area contributed by atoms with Gasteiger partial charge in [-0.05, 0) is 32.9 Å². The maximum Gasteiger partial charge on any atom is 0.161 e. The number of fused-ring (bicyclic) bond motifs is 1. The van der Waals surface area contributed by atoms with Crippen molar-refractivity contribution in [3.63, 3.8) is 0 Å². The Morgan fingerprint density at radius 1 is 1.27 bits per heavy atom. The van der Waals surface area contributed by atoms with Gasteiger partial charge in [-0.1, -0.05) is 12.1 Å². The van der Waals surface area contributed by atoms with E-state index >= 15 is 0 Å². The van der Waals surface area contributed by atoms with E-state index in [2.05, 4.69) is 22.2 Å². The first-order chi connectivity index (χ1) is 10.6. The van der Waals surface area contributed by atoms with Crippen molar-refractivity contribution in [2.45, 2.75) is 32.9 Å². The van der Waals surface area contributed by atoms with Crippen LogP contribution in [0.4, 0.5) is 0 Å². The molecule has 0 spiro atoms. The average Bonchev–Trinajstić information content (AvgIpc) is 2.52. The topological polar surface area (TPSA) is 56.3 Å². The fourth-order valence-corrected chi connectivity index (χ4v) is 2.60. The Hall–Kier alpha value is -2.14. The van der Waals surface area contributed by atoms with E-state index in [1.807, 2.05) is 44.3 Å². The zero-order valence-electron chi connectivity index (χ0n) is 13.2. The summed E-state index contributed by atoms with van der Waals surface area (Å²) in [6.07, 6.45) is 1.90. The third-order valence-corrected chi connectivity index (χ3v) is 3.82. The number of nitrogens with zero attached hydrogens (tertiary/aromatic N) is 2. The summed E-state index contributed by atoms with van der Waals surface area (Å²) >= 11 is 0. The molecule has 0 saturated heterocycles. The Labute approximate surface area is 130 Å². The van der Waals surface area contributed by atoms with Crippen molar-refractivity contribution < 1.29 is 9.47 Å². The van der Waals surface area contributed by atoms with Gasteiger partial charge in [0.15, 0.2) is 11.5 Å². The summed E-state index contributed by atoms with van der Waals surface area (Å²) in [6, 6.07) is 7.93. The van der Waals surface area contributed by atoms with E-state index < -0.39 is 0 Å². The minimum atomic E-state index is 0.00372. The molecule has 2 heterocycles. The number of aryl methyl sites for hydroxylation is 2. The highest BCUT2D eigenvalue weighted by molar-refractivity contribution is 5.40. The van der Waals surface area contributed by atoms with Gasteiger partial charge < -0.3 is 14.8 Å². The number of rotatable bonds is 4. The van der Waals surface area contributed by atoms with Crippen molar-refractivity contribution >= 4 is 0 Å². The predicted molar refractivity (Wildman–Crippen MR) is 84.3 cm³/mol. The average molecular weight is 299 g/mol. The van der Waals surface area contributed by atoms with E-state index in [-0.39, 0.29) is 12.1 Å². The molecule has 1 aromatic heterocycles. The molecule has 1 aliphatic heterocycles. The number of hydrogen-bond acceptors (Lipinski definition) is 5. The minimum Gasteiger partial charge on any atom is -0.486 e. The van der Waals surface area contributed by atoms with Gasteiger partial charge in [0.1, 0.15) is 18.5 Å². The summed E-state index contributed by atoms with van der Waals surface area (Å²) in [5, 5.41) is 3.47. The van der Waals surface area contributed by atoms with Crippen LogP contribution in [0.15, 0.2) is 30.5 Å². The van der Waals surface area contributed by atoms with Crippen LogP contribution in [0, 0.1) is 13.8 Å². The molecule has 116 valence electrons. The van der Waals surface area contributed by atoms with Crippen LogP contribution in [0.25, 0.3) is 0 Å². The Morgan fingerprint density at radius 2 is 2.05 bits per heavy atom. The Balaban J connectivity index is 1.59. The second-order valence-corrected chi connectivity index (χ2v) is 5.59. The third kappa shape index (κ3) is 3.20. The van der Waals surface area contributed by atoms with Crippen molar-refractivity contribution in [2.75, 3.05) is 13.2 Å². The fraction of sp³-hybridized carbons (Fsp3) is 0.412. The number of aromatic nitrogens is 2. The molecule has 2 aromatic rings. The number of para-hydroxylation sites is 2. The van der Waals surface area contributed by atoms with Crippen molar-refractivity contribution in [2.24, 2.45) is 0 Å². The van der Waals surface area contributed by atoms with Crippen LogP contribution < -0.4 is 14.8 Å². The molecule has 5 heteroatoms. The predicted octanol–water partition coefficient (Wildman–Crippen LogP) is 2.58. The van der Waals surface area contributed by atoms with Gasteiger partial charge >= 0.3 is 0 Å². The summed E-state index contributed by atoms with van der Waals surface area (Å²) in [5.74, 6) is 2.42. The van der Waals surface area contributed by atoms with Gasteiger partial charge in [-0.2, -0.15) is 0 Å². The first-order valence-corrected chi connectivity index (χ1v) is 7.55. The number of benzene rings is 1. The molecule has 5 nitrogen and oxygen atoms in total. The quantitative estimate of drug-likeness (QED) is 0.940. The van der Waals surface area contributed by atoms with Crippen molar-refractivity contribution in [1.29, 1.82) is 0 Å². The van der Waals surface area contributed by atoms with Crippen LogP contribution in [0.2, 0.25) is 0 Å². The van der Waals surface area contributed by atoms with Crippen LogP contribution in [-0.4, -0.2) is 29.2 Å². The minimum absolute atomic E-state index is 0.00372. The lowest BCUT2D eigenvalue weighted by atomic mass is 10.1. The maximum absolute atomic E-state index is 5.95. The lowest BCUT2D eigenvalue weighted by Gasteiger charge is -2.28. The summed E-state index contributed by atoms with van der Waals surface area (Å²) in [5.41, 5.74) is 2.13. The molecule has 0 radical (unpaired) electrons. The summed E-state index contributed by atoms with van der Waals surface area (Å²) in [7, 11) is 0. The van der Waals surface area contributed by atoms with E-state index in [4.69, 9.17) is 9.47 Å². The fourth-order valence-electron chi connectivity index (χ4n) is 2.60. The second kappa shape index (κ2) is 6.32. The zero-order chi connectivity index (χ0) is 15.5. The summed E-state index contributed by atoms with van der Waals surface area (Å²) in [4.78, 5) is 8.69. The van der Waals surface area contributed by atoms with Crippen LogP contribution in [-0.2, 0) is 0 Å². The number of nitrogens with one attached hydrogen (secondary N) is 1. The van der Waals surface area contributed by atoms with Crippen molar-refractivity contribution in [3.05, 3.63) is 47.5 Å². The van der Waals surface area contributed by atoms with Crippen LogP contribution >= 0.6 is 0 Å². The standard InChI is InChI=1S/C17H21N3O2/c1-11(15-9-19-13(3)20-12(15)2)18-8-14-10-21-16-6-4-5-7-17(16)22-14/h4-7,9,11,14,18H,8,10H2,1-3H3/t11-,14+/m0/s1. The van der Waals surface area contributed by atoms with Gasteiger partial charge in [-0.25, -0.2) is 9.97 Å². The van der Waals surface area contributed by atoms with Gasteiger partial charge in [0.05, 0.1) is 0 Å².